The summed E-state index contributed by atoms with van der Waals surface area (Å²) in [4.78, 5) is 0.752. The highest BCUT2D eigenvalue weighted by Crippen LogP contribution is 2.22. The third-order valence-electron chi connectivity index (χ3n) is 2.03. The average Bonchev–Trinajstić information content (AvgIpc) is 2.62. The van der Waals surface area contributed by atoms with E-state index in [9.17, 15) is 0 Å². The zero-order chi connectivity index (χ0) is 9.68. The van der Waals surface area contributed by atoms with Gasteiger partial charge in [0, 0.05) is 6.04 Å². The Hall–Kier alpha value is -0.850. The van der Waals surface area contributed by atoms with E-state index in [2.05, 4.69) is 13.0 Å². The van der Waals surface area contributed by atoms with E-state index in [1.165, 1.54) is 17.8 Å². The summed E-state index contributed by atoms with van der Waals surface area (Å²) in [7, 11) is 0. The molecule has 1 heterocycles. The van der Waals surface area contributed by atoms with Crippen molar-refractivity contribution in [3.05, 3.63) is 21.9 Å². The second-order valence-electron chi connectivity index (χ2n) is 3.10. The number of nitrogens with two attached hydrogens (primary N) is 1. The highest BCUT2D eigenvalue weighted by atomic mass is 32.1. The molecule has 0 spiro atoms. The van der Waals surface area contributed by atoms with Crippen LogP contribution in [0.25, 0.3) is 0 Å². The normalized spacial score (nSPS) is 12.4. The number of thiophene rings is 1. The lowest BCUT2D eigenvalue weighted by atomic mass is 10.1. The summed E-state index contributed by atoms with van der Waals surface area (Å²) in [5.74, 6) is 0. The molecule has 1 rings (SSSR count). The van der Waals surface area contributed by atoms with Crippen LogP contribution in [0.15, 0.2) is 11.4 Å². The molecule has 0 fully saturated rings. The lowest BCUT2D eigenvalue weighted by Crippen LogP contribution is -2.08. The van der Waals surface area contributed by atoms with E-state index in [-0.39, 0.29) is 6.04 Å². The lowest BCUT2D eigenvalue weighted by Gasteiger charge is -2.07. The second kappa shape index (κ2) is 5.00. The third-order valence-corrected chi connectivity index (χ3v) is 2.88. The minimum absolute atomic E-state index is 0.110. The zero-order valence-corrected chi connectivity index (χ0v) is 8.60. The molecular weight excluding hydrogens is 180 g/mol. The minimum Gasteiger partial charge on any atom is -0.324 e. The molecule has 0 saturated carbocycles. The molecule has 0 bridgehead atoms. The van der Waals surface area contributed by atoms with Crippen molar-refractivity contribution in [3.8, 4) is 6.07 Å². The van der Waals surface area contributed by atoms with E-state index in [1.807, 2.05) is 11.4 Å². The van der Waals surface area contributed by atoms with E-state index >= 15 is 0 Å². The van der Waals surface area contributed by atoms with Gasteiger partial charge in [0.15, 0.2) is 0 Å². The standard InChI is InChI=1S/C10H14N2S/c1-2-3-4-10(12)8-5-9(6-11)13-7-8/h5,7,10H,2-4,12H2,1H3/t10-/m0/s1. The summed E-state index contributed by atoms with van der Waals surface area (Å²) in [6.45, 7) is 2.15. The van der Waals surface area contributed by atoms with E-state index < -0.39 is 0 Å². The maximum atomic E-state index is 8.63. The van der Waals surface area contributed by atoms with Gasteiger partial charge in [0.2, 0.25) is 0 Å². The Balaban J connectivity index is 2.56. The minimum atomic E-state index is 0.110. The van der Waals surface area contributed by atoms with Gasteiger partial charge in [-0.25, -0.2) is 0 Å². The van der Waals surface area contributed by atoms with Crippen molar-refractivity contribution in [3.63, 3.8) is 0 Å². The number of unbranched alkanes of at least 4 members (excludes halogenated alkanes) is 1. The molecule has 0 aromatic carbocycles. The van der Waals surface area contributed by atoms with Gasteiger partial charge in [0.1, 0.15) is 10.9 Å². The van der Waals surface area contributed by atoms with Gasteiger partial charge in [-0.15, -0.1) is 11.3 Å². The molecule has 3 heteroatoms. The van der Waals surface area contributed by atoms with Gasteiger partial charge in [-0.1, -0.05) is 19.8 Å². The van der Waals surface area contributed by atoms with Crippen LogP contribution in [-0.2, 0) is 0 Å². The lowest BCUT2D eigenvalue weighted by molar-refractivity contribution is 0.605. The van der Waals surface area contributed by atoms with Gasteiger partial charge >= 0.3 is 0 Å². The largest absolute Gasteiger partial charge is 0.324 e. The molecule has 1 aromatic rings. The van der Waals surface area contributed by atoms with E-state index in [0.29, 0.717) is 0 Å². The maximum Gasteiger partial charge on any atom is 0.110 e. The van der Waals surface area contributed by atoms with Crippen molar-refractivity contribution in [2.24, 2.45) is 5.73 Å². The second-order valence-corrected chi connectivity index (χ2v) is 4.02. The first kappa shape index (κ1) is 10.2. The molecule has 1 atom stereocenters. The van der Waals surface area contributed by atoms with Crippen LogP contribution in [0, 0.1) is 11.3 Å². The van der Waals surface area contributed by atoms with Crippen LogP contribution in [0.2, 0.25) is 0 Å². The Labute approximate surface area is 83.0 Å². The molecule has 13 heavy (non-hydrogen) atoms. The van der Waals surface area contributed by atoms with Crippen LogP contribution in [-0.4, -0.2) is 0 Å². The number of nitrogens with zero attached hydrogens (tertiary/aromatic N) is 1. The van der Waals surface area contributed by atoms with Gasteiger partial charge < -0.3 is 5.73 Å². The summed E-state index contributed by atoms with van der Waals surface area (Å²) < 4.78 is 0. The first-order valence-electron chi connectivity index (χ1n) is 4.52. The Bertz CT molecular complexity index is 298. The van der Waals surface area contributed by atoms with Crippen LogP contribution >= 0.6 is 11.3 Å². The quantitative estimate of drug-likeness (QED) is 0.801. The van der Waals surface area contributed by atoms with Gasteiger partial charge in [-0.3, -0.25) is 0 Å². The fraction of sp³-hybridized carbons (Fsp3) is 0.500. The van der Waals surface area contributed by atoms with Gasteiger partial charge in [-0.2, -0.15) is 5.26 Å². The van der Waals surface area contributed by atoms with Crippen molar-refractivity contribution in [2.45, 2.75) is 32.2 Å². The molecule has 2 N–H and O–H groups in total. The summed E-state index contributed by atoms with van der Waals surface area (Å²) in [6.07, 6.45) is 3.33. The number of nitriles is 1. The summed E-state index contributed by atoms with van der Waals surface area (Å²) in [5.41, 5.74) is 7.05. The Morgan fingerprint density at radius 3 is 3.00 bits per heavy atom. The number of hydrogen-bond donors (Lipinski definition) is 1. The van der Waals surface area contributed by atoms with Gasteiger partial charge in [0.05, 0.1) is 0 Å². The van der Waals surface area contributed by atoms with Crippen LogP contribution in [0.5, 0.6) is 0 Å². The Morgan fingerprint density at radius 2 is 2.46 bits per heavy atom. The highest BCUT2D eigenvalue weighted by Gasteiger charge is 2.07. The van der Waals surface area contributed by atoms with Crippen molar-refractivity contribution in [1.29, 1.82) is 5.26 Å². The number of hydrogen-bond acceptors (Lipinski definition) is 3. The van der Waals surface area contributed by atoms with Crippen molar-refractivity contribution in [2.75, 3.05) is 0 Å². The molecule has 0 aliphatic carbocycles. The molecule has 0 aliphatic rings. The highest BCUT2D eigenvalue weighted by molar-refractivity contribution is 7.10. The summed E-state index contributed by atoms with van der Waals surface area (Å²) >= 11 is 1.47. The van der Waals surface area contributed by atoms with Crippen molar-refractivity contribution >= 4 is 11.3 Å². The number of rotatable bonds is 4. The van der Waals surface area contributed by atoms with Gasteiger partial charge in [-0.05, 0) is 23.4 Å². The molecule has 0 saturated heterocycles. The smallest absolute Gasteiger partial charge is 0.110 e. The average molecular weight is 194 g/mol. The van der Waals surface area contributed by atoms with Crippen LogP contribution in [0.4, 0.5) is 0 Å². The third kappa shape index (κ3) is 2.83. The first-order chi connectivity index (χ1) is 6.27. The monoisotopic (exact) mass is 194 g/mol. The van der Waals surface area contributed by atoms with E-state index in [4.69, 9.17) is 11.0 Å². The van der Waals surface area contributed by atoms with Gasteiger partial charge in [0.25, 0.3) is 0 Å². The van der Waals surface area contributed by atoms with Crippen molar-refractivity contribution in [1.82, 2.24) is 0 Å². The molecule has 2 nitrogen and oxygen atoms in total. The fourth-order valence-corrected chi connectivity index (χ4v) is 1.96. The Kier molecular flexibility index (Phi) is 3.94. The van der Waals surface area contributed by atoms with Crippen LogP contribution in [0.3, 0.4) is 0 Å². The molecule has 0 amide bonds. The predicted molar refractivity (Wildman–Crippen MR) is 55.5 cm³/mol. The maximum absolute atomic E-state index is 8.63. The SMILES string of the molecule is CCCC[C@H](N)c1csc(C#N)c1. The summed E-state index contributed by atoms with van der Waals surface area (Å²) in [6, 6.07) is 4.12. The fourth-order valence-electron chi connectivity index (χ4n) is 1.19. The van der Waals surface area contributed by atoms with E-state index in [1.54, 1.807) is 0 Å². The predicted octanol–water partition coefficient (Wildman–Crippen LogP) is 2.81. The molecule has 0 aliphatic heterocycles. The first-order valence-corrected chi connectivity index (χ1v) is 5.40. The molecule has 70 valence electrons. The molecular formula is C10H14N2S. The summed E-state index contributed by atoms with van der Waals surface area (Å²) in [5, 5.41) is 10.6. The van der Waals surface area contributed by atoms with Crippen LogP contribution < -0.4 is 5.73 Å². The Morgan fingerprint density at radius 1 is 1.69 bits per heavy atom. The van der Waals surface area contributed by atoms with Crippen molar-refractivity contribution < 1.29 is 0 Å². The zero-order valence-electron chi connectivity index (χ0n) is 7.79. The molecule has 1 aromatic heterocycles. The molecule has 0 unspecified atom stereocenters. The topological polar surface area (TPSA) is 49.8 Å². The van der Waals surface area contributed by atoms with Crippen LogP contribution in [0.1, 0.15) is 42.7 Å². The van der Waals surface area contributed by atoms with E-state index in [0.717, 1.165) is 23.3 Å². The molecule has 0 radical (unpaired) electrons.